The Morgan fingerprint density at radius 1 is 1.05 bits per heavy atom. The minimum atomic E-state index is -0.419. The van der Waals surface area contributed by atoms with Crippen LogP contribution in [0.4, 0.5) is 5.69 Å². The highest BCUT2D eigenvalue weighted by atomic mass is 16.5. The number of ether oxygens (including phenoxy) is 1. The molecule has 0 fully saturated rings. The first-order valence-corrected chi connectivity index (χ1v) is 6.74. The van der Waals surface area contributed by atoms with Gasteiger partial charge in [-0.25, -0.2) is 0 Å². The molecular formula is C17H15NO4. The SMILES string of the molecule is CN(C)c1ccc(/C=C2/Oc3c(ccc(O)c3O)C2=O)cc1. The Morgan fingerprint density at radius 2 is 1.73 bits per heavy atom. The van der Waals surface area contributed by atoms with Crippen molar-refractivity contribution in [2.24, 2.45) is 0 Å². The van der Waals surface area contributed by atoms with Crippen molar-refractivity contribution in [1.29, 1.82) is 0 Å². The molecule has 0 unspecified atom stereocenters. The first-order chi connectivity index (χ1) is 10.5. The molecule has 1 heterocycles. The fourth-order valence-electron chi connectivity index (χ4n) is 2.25. The number of rotatable bonds is 2. The monoisotopic (exact) mass is 297 g/mol. The highest BCUT2D eigenvalue weighted by Gasteiger charge is 2.31. The van der Waals surface area contributed by atoms with Gasteiger partial charge in [-0.1, -0.05) is 12.1 Å². The molecule has 5 nitrogen and oxygen atoms in total. The summed E-state index contributed by atoms with van der Waals surface area (Å²) < 4.78 is 5.40. The third-order valence-corrected chi connectivity index (χ3v) is 3.50. The molecule has 5 heteroatoms. The van der Waals surface area contributed by atoms with Gasteiger partial charge in [0.2, 0.25) is 11.5 Å². The van der Waals surface area contributed by atoms with Gasteiger partial charge in [0, 0.05) is 19.8 Å². The van der Waals surface area contributed by atoms with E-state index in [1.807, 2.05) is 43.3 Å². The fourth-order valence-corrected chi connectivity index (χ4v) is 2.25. The van der Waals surface area contributed by atoms with E-state index in [9.17, 15) is 15.0 Å². The average molecular weight is 297 g/mol. The molecule has 1 aliphatic rings. The Balaban J connectivity index is 1.94. The van der Waals surface area contributed by atoms with Gasteiger partial charge in [-0.15, -0.1) is 0 Å². The maximum atomic E-state index is 12.2. The molecule has 3 rings (SSSR count). The van der Waals surface area contributed by atoms with E-state index in [-0.39, 0.29) is 28.6 Å². The van der Waals surface area contributed by atoms with Gasteiger partial charge >= 0.3 is 0 Å². The number of nitrogens with zero attached hydrogens (tertiary/aromatic N) is 1. The number of phenols is 2. The van der Waals surface area contributed by atoms with Crippen molar-refractivity contribution < 1.29 is 19.7 Å². The number of hydrogen-bond acceptors (Lipinski definition) is 5. The standard InChI is InChI=1S/C17H15NO4/c1-18(2)11-5-3-10(4-6-11)9-14-15(20)12-7-8-13(19)16(21)17(12)22-14/h3-9,19,21H,1-2H3/b14-9+. The lowest BCUT2D eigenvalue weighted by Crippen LogP contribution is -2.08. The zero-order valence-electron chi connectivity index (χ0n) is 12.2. The number of Topliss-reactive ketones (excluding diaryl/α,β-unsaturated/α-hetero) is 1. The normalized spacial score (nSPS) is 14.8. The Labute approximate surface area is 127 Å². The zero-order chi connectivity index (χ0) is 15.9. The Bertz CT molecular complexity index is 776. The molecule has 0 aromatic heterocycles. The van der Waals surface area contributed by atoms with E-state index >= 15 is 0 Å². The smallest absolute Gasteiger partial charge is 0.232 e. The number of carbonyl (C=O) groups is 1. The summed E-state index contributed by atoms with van der Waals surface area (Å²) in [6.45, 7) is 0. The maximum absolute atomic E-state index is 12.2. The van der Waals surface area contributed by atoms with Crippen molar-refractivity contribution in [2.75, 3.05) is 19.0 Å². The lowest BCUT2D eigenvalue weighted by atomic mass is 10.1. The predicted molar refractivity (Wildman–Crippen MR) is 83.5 cm³/mol. The van der Waals surface area contributed by atoms with E-state index in [4.69, 9.17) is 4.74 Å². The van der Waals surface area contributed by atoms with Crippen LogP contribution < -0.4 is 9.64 Å². The van der Waals surface area contributed by atoms with Crippen LogP contribution in [0.3, 0.4) is 0 Å². The van der Waals surface area contributed by atoms with Gasteiger partial charge in [0.25, 0.3) is 0 Å². The number of phenolic OH excluding ortho intramolecular Hbond substituents is 2. The van der Waals surface area contributed by atoms with E-state index in [2.05, 4.69) is 0 Å². The molecule has 112 valence electrons. The second-order valence-corrected chi connectivity index (χ2v) is 5.24. The van der Waals surface area contributed by atoms with Gasteiger partial charge in [0.1, 0.15) is 0 Å². The molecule has 22 heavy (non-hydrogen) atoms. The van der Waals surface area contributed by atoms with Crippen LogP contribution in [0.25, 0.3) is 6.08 Å². The molecular weight excluding hydrogens is 282 g/mol. The first kappa shape index (κ1) is 14.0. The third-order valence-electron chi connectivity index (χ3n) is 3.50. The molecule has 2 aromatic carbocycles. The molecule has 1 aliphatic heterocycles. The molecule has 2 aromatic rings. The fraction of sp³-hybridized carbons (Fsp3) is 0.118. The Hall–Kier alpha value is -2.95. The predicted octanol–water partition coefficient (Wildman–Crippen LogP) is 2.78. The summed E-state index contributed by atoms with van der Waals surface area (Å²) in [7, 11) is 3.89. The molecule has 0 spiro atoms. The summed E-state index contributed by atoms with van der Waals surface area (Å²) in [6.07, 6.45) is 1.61. The Morgan fingerprint density at radius 3 is 2.36 bits per heavy atom. The minimum Gasteiger partial charge on any atom is -0.504 e. The summed E-state index contributed by atoms with van der Waals surface area (Å²) in [5, 5.41) is 19.2. The lowest BCUT2D eigenvalue weighted by Gasteiger charge is -2.11. The van der Waals surface area contributed by atoms with E-state index < -0.39 is 5.75 Å². The van der Waals surface area contributed by atoms with Crippen LogP contribution in [-0.2, 0) is 0 Å². The third kappa shape index (κ3) is 2.26. The van der Waals surface area contributed by atoms with Gasteiger partial charge in [-0.2, -0.15) is 0 Å². The highest BCUT2D eigenvalue weighted by molar-refractivity contribution is 6.15. The average Bonchev–Trinajstić information content (AvgIpc) is 2.81. The van der Waals surface area contributed by atoms with Crippen LogP contribution in [0.2, 0.25) is 0 Å². The van der Waals surface area contributed by atoms with Crippen LogP contribution in [0, 0.1) is 0 Å². The van der Waals surface area contributed by atoms with Crippen LogP contribution in [0.15, 0.2) is 42.2 Å². The second kappa shape index (κ2) is 5.11. The number of fused-ring (bicyclic) bond motifs is 1. The number of anilines is 1. The van der Waals surface area contributed by atoms with Crippen LogP contribution in [0.1, 0.15) is 15.9 Å². The van der Waals surface area contributed by atoms with Crippen LogP contribution >= 0.6 is 0 Å². The van der Waals surface area contributed by atoms with Gasteiger partial charge in [-0.05, 0) is 35.9 Å². The molecule has 0 atom stereocenters. The number of hydrogen-bond donors (Lipinski definition) is 2. The van der Waals surface area contributed by atoms with Crippen molar-refractivity contribution >= 4 is 17.5 Å². The molecule has 0 bridgehead atoms. The van der Waals surface area contributed by atoms with Gasteiger partial charge in [0.05, 0.1) is 5.56 Å². The maximum Gasteiger partial charge on any atom is 0.232 e. The summed E-state index contributed by atoms with van der Waals surface area (Å²) in [6, 6.07) is 10.3. The van der Waals surface area contributed by atoms with E-state index in [0.717, 1.165) is 11.3 Å². The summed E-state index contributed by atoms with van der Waals surface area (Å²) in [4.78, 5) is 14.2. The molecule has 0 aliphatic carbocycles. The number of aromatic hydroxyl groups is 2. The van der Waals surface area contributed by atoms with Crippen molar-refractivity contribution in [1.82, 2.24) is 0 Å². The minimum absolute atomic E-state index is 0.00108. The number of benzene rings is 2. The molecule has 2 N–H and O–H groups in total. The summed E-state index contributed by atoms with van der Waals surface area (Å²) >= 11 is 0. The zero-order valence-corrected chi connectivity index (χ0v) is 12.2. The van der Waals surface area contributed by atoms with Crippen molar-refractivity contribution in [2.45, 2.75) is 0 Å². The van der Waals surface area contributed by atoms with Crippen molar-refractivity contribution in [3.05, 3.63) is 53.3 Å². The summed E-state index contributed by atoms with van der Waals surface area (Å²) in [5.41, 5.74) is 2.10. The summed E-state index contributed by atoms with van der Waals surface area (Å²) in [5.74, 6) is -0.933. The van der Waals surface area contributed by atoms with Gasteiger partial charge in [-0.3, -0.25) is 4.79 Å². The topological polar surface area (TPSA) is 70.0 Å². The quantitative estimate of drug-likeness (QED) is 0.659. The number of allylic oxidation sites excluding steroid dienone is 1. The van der Waals surface area contributed by atoms with Crippen LogP contribution in [0.5, 0.6) is 17.2 Å². The molecule has 0 amide bonds. The molecule has 0 saturated carbocycles. The van der Waals surface area contributed by atoms with E-state index in [0.29, 0.717) is 0 Å². The van der Waals surface area contributed by atoms with Crippen LogP contribution in [-0.4, -0.2) is 30.1 Å². The largest absolute Gasteiger partial charge is 0.504 e. The first-order valence-electron chi connectivity index (χ1n) is 6.74. The molecule has 0 radical (unpaired) electrons. The van der Waals surface area contributed by atoms with Crippen molar-refractivity contribution in [3.8, 4) is 17.2 Å². The van der Waals surface area contributed by atoms with E-state index in [1.165, 1.54) is 12.1 Å². The van der Waals surface area contributed by atoms with E-state index in [1.54, 1.807) is 6.08 Å². The Kier molecular flexibility index (Phi) is 3.25. The number of carbonyl (C=O) groups excluding carboxylic acids is 1. The second-order valence-electron chi connectivity index (χ2n) is 5.24. The highest BCUT2D eigenvalue weighted by Crippen LogP contribution is 2.44. The van der Waals surface area contributed by atoms with Crippen molar-refractivity contribution in [3.63, 3.8) is 0 Å². The van der Waals surface area contributed by atoms with Gasteiger partial charge < -0.3 is 19.8 Å². The molecule has 0 saturated heterocycles. The number of ketones is 1. The lowest BCUT2D eigenvalue weighted by molar-refractivity contribution is 0.101. The van der Waals surface area contributed by atoms with Gasteiger partial charge in [0.15, 0.2) is 17.3 Å².